The van der Waals surface area contributed by atoms with Crippen molar-refractivity contribution in [2.75, 3.05) is 25.5 Å². The number of carbonyl (C=O) groups excluding carboxylic acids is 1. The summed E-state index contributed by atoms with van der Waals surface area (Å²) in [5.74, 6) is 0.312. The van der Waals surface area contributed by atoms with E-state index in [1.165, 1.54) is 12.1 Å². The van der Waals surface area contributed by atoms with Crippen molar-refractivity contribution in [3.8, 4) is 11.1 Å². The van der Waals surface area contributed by atoms with E-state index in [0.29, 0.717) is 17.5 Å². The summed E-state index contributed by atoms with van der Waals surface area (Å²) < 4.78 is 13.2. The highest BCUT2D eigenvalue weighted by atomic mass is 35.5. The number of benzene rings is 2. The second-order valence-electron chi connectivity index (χ2n) is 7.92. The van der Waals surface area contributed by atoms with E-state index in [1.54, 1.807) is 12.1 Å². The molecule has 31 heavy (non-hydrogen) atoms. The first kappa shape index (κ1) is 21.2. The Morgan fingerprint density at radius 3 is 2.55 bits per heavy atom. The van der Waals surface area contributed by atoms with E-state index in [9.17, 15) is 9.18 Å². The van der Waals surface area contributed by atoms with Crippen LogP contribution in [0.1, 0.15) is 30.1 Å². The average molecular weight is 439 g/mol. The van der Waals surface area contributed by atoms with Gasteiger partial charge < -0.3 is 9.80 Å². The summed E-state index contributed by atoms with van der Waals surface area (Å²) in [4.78, 5) is 26.2. The molecule has 1 aliphatic rings. The molecule has 0 aliphatic carbocycles. The second kappa shape index (κ2) is 9.02. The van der Waals surface area contributed by atoms with Gasteiger partial charge in [0.1, 0.15) is 5.82 Å². The van der Waals surface area contributed by atoms with Crippen molar-refractivity contribution in [1.82, 2.24) is 14.9 Å². The van der Waals surface area contributed by atoms with E-state index < -0.39 is 0 Å². The van der Waals surface area contributed by atoms with Crippen LogP contribution in [0.4, 0.5) is 10.3 Å². The maximum Gasteiger partial charge on any atom is 0.227 e. The van der Waals surface area contributed by atoms with Gasteiger partial charge in [-0.05, 0) is 48.2 Å². The van der Waals surface area contributed by atoms with Crippen molar-refractivity contribution in [3.05, 3.63) is 76.8 Å². The molecule has 3 aromatic rings. The highest BCUT2D eigenvalue weighted by Gasteiger charge is 2.33. The molecule has 0 N–H and O–H groups in total. The lowest BCUT2D eigenvalue weighted by Crippen LogP contribution is -2.32. The Labute approximate surface area is 186 Å². The highest BCUT2D eigenvalue weighted by Crippen LogP contribution is 2.37. The minimum atomic E-state index is -0.306. The molecule has 1 atom stereocenters. The van der Waals surface area contributed by atoms with E-state index >= 15 is 0 Å². The van der Waals surface area contributed by atoms with E-state index in [2.05, 4.69) is 4.98 Å². The average Bonchev–Trinajstić information content (AvgIpc) is 3.25. The standard InChI is InChI=1S/C24H24ClFN4O/c1-29(2)24-27-15-20(17-7-9-18(25)10-8-17)23(28-24)21-4-3-13-30(21)22(31)14-16-5-11-19(26)12-6-16/h5-12,15,21H,3-4,13-14H2,1-2H3/t21-/m0/s1. The molecular formula is C24H24ClFN4O. The molecule has 0 bridgehead atoms. The van der Waals surface area contributed by atoms with Crippen molar-refractivity contribution >= 4 is 23.5 Å². The van der Waals surface area contributed by atoms with Gasteiger partial charge in [0.2, 0.25) is 11.9 Å². The van der Waals surface area contributed by atoms with Crippen molar-refractivity contribution in [2.24, 2.45) is 0 Å². The molecule has 4 rings (SSSR count). The maximum absolute atomic E-state index is 13.2. The molecule has 1 fully saturated rings. The second-order valence-corrected chi connectivity index (χ2v) is 8.36. The molecule has 5 nitrogen and oxygen atoms in total. The number of nitrogens with zero attached hydrogens (tertiary/aromatic N) is 4. The lowest BCUT2D eigenvalue weighted by Gasteiger charge is -2.27. The maximum atomic E-state index is 13.2. The van der Waals surface area contributed by atoms with Crippen LogP contribution >= 0.6 is 11.6 Å². The molecule has 1 saturated heterocycles. The number of aromatic nitrogens is 2. The third-order valence-electron chi connectivity index (χ3n) is 5.52. The molecule has 0 unspecified atom stereocenters. The van der Waals surface area contributed by atoms with Crippen molar-refractivity contribution in [2.45, 2.75) is 25.3 Å². The predicted molar refractivity (Wildman–Crippen MR) is 121 cm³/mol. The number of likely N-dealkylation sites (tertiary alicyclic amines) is 1. The zero-order valence-corrected chi connectivity index (χ0v) is 18.3. The van der Waals surface area contributed by atoms with Crippen molar-refractivity contribution in [1.29, 1.82) is 0 Å². The van der Waals surface area contributed by atoms with Crippen LogP contribution < -0.4 is 4.90 Å². The van der Waals surface area contributed by atoms with Gasteiger partial charge in [0, 0.05) is 37.4 Å². The zero-order valence-electron chi connectivity index (χ0n) is 17.6. The van der Waals surface area contributed by atoms with Crippen molar-refractivity contribution < 1.29 is 9.18 Å². The van der Waals surface area contributed by atoms with Gasteiger partial charge in [0.15, 0.2) is 0 Å². The third-order valence-corrected chi connectivity index (χ3v) is 5.77. The number of rotatable bonds is 5. The molecule has 2 aromatic carbocycles. The number of anilines is 1. The summed E-state index contributed by atoms with van der Waals surface area (Å²) in [6, 6.07) is 13.5. The quantitative estimate of drug-likeness (QED) is 0.568. The van der Waals surface area contributed by atoms with E-state index in [0.717, 1.165) is 35.2 Å². The number of halogens is 2. The smallest absolute Gasteiger partial charge is 0.227 e. The summed E-state index contributed by atoms with van der Waals surface area (Å²) in [5.41, 5.74) is 3.49. The van der Waals surface area contributed by atoms with Gasteiger partial charge in [-0.3, -0.25) is 4.79 Å². The fraction of sp³-hybridized carbons (Fsp3) is 0.292. The van der Waals surface area contributed by atoms with Gasteiger partial charge in [0.05, 0.1) is 18.2 Å². The Morgan fingerprint density at radius 1 is 1.16 bits per heavy atom. The van der Waals surface area contributed by atoms with Crippen LogP contribution in [0.2, 0.25) is 5.02 Å². The summed E-state index contributed by atoms with van der Waals surface area (Å²) in [5, 5.41) is 0.660. The largest absolute Gasteiger partial charge is 0.347 e. The van der Waals surface area contributed by atoms with Gasteiger partial charge in [-0.15, -0.1) is 0 Å². The molecule has 1 amide bonds. The molecule has 1 aromatic heterocycles. The Morgan fingerprint density at radius 2 is 1.87 bits per heavy atom. The normalized spacial score (nSPS) is 15.9. The van der Waals surface area contributed by atoms with Gasteiger partial charge in [0.25, 0.3) is 0 Å². The fourth-order valence-corrected chi connectivity index (χ4v) is 4.06. The molecule has 0 saturated carbocycles. The minimum absolute atomic E-state index is 0.0150. The monoisotopic (exact) mass is 438 g/mol. The summed E-state index contributed by atoms with van der Waals surface area (Å²) in [7, 11) is 3.79. The Hall–Kier alpha value is -2.99. The first-order valence-corrected chi connectivity index (χ1v) is 10.6. The zero-order chi connectivity index (χ0) is 22.0. The minimum Gasteiger partial charge on any atom is -0.347 e. The summed E-state index contributed by atoms with van der Waals surface area (Å²) >= 11 is 6.07. The molecule has 160 valence electrons. The molecule has 7 heteroatoms. The summed E-state index contributed by atoms with van der Waals surface area (Å²) in [6.45, 7) is 0.673. The van der Waals surface area contributed by atoms with Crippen molar-refractivity contribution in [3.63, 3.8) is 0 Å². The van der Waals surface area contributed by atoms with Gasteiger partial charge >= 0.3 is 0 Å². The number of carbonyl (C=O) groups is 1. The molecule has 2 heterocycles. The lowest BCUT2D eigenvalue weighted by atomic mass is 9.99. The number of hydrogen-bond acceptors (Lipinski definition) is 4. The van der Waals surface area contributed by atoms with Crippen LogP contribution in [0.3, 0.4) is 0 Å². The molecular weight excluding hydrogens is 415 g/mol. The van der Waals surface area contributed by atoms with Crippen LogP contribution in [-0.4, -0.2) is 41.4 Å². The predicted octanol–water partition coefficient (Wildman–Crippen LogP) is 4.91. The van der Waals surface area contributed by atoms with Crippen LogP contribution in [0.25, 0.3) is 11.1 Å². The van der Waals surface area contributed by atoms with Gasteiger partial charge in [-0.25, -0.2) is 14.4 Å². The summed E-state index contributed by atoms with van der Waals surface area (Å²) in [6.07, 6.45) is 3.79. The van der Waals surface area contributed by atoms with E-state index in [4.69, 9.17) is 16.6 Å². The first-order valence-electron chi connectivity index (χ1n) is 10.3. The molecule has 0 radical (unpaired) electrons. The third kappa shape index (κ3) is 4.69. The topological polar surface area (TPSA) is 49.3 Å². The highest BCUT2D eigenvalue weighted by molar-refractivity contribution is 6.30. The van der Waals surface area contributed by atoms with Crippen LogP contribution in [-0.2, 0) is 11.2 Å². The van der Waals surface area contributed by atoms with E-state index in [1.807, 2.05) is 54.4 Å². The van der Waals surface area contributed by atoms with Crippen LogP contribution in [0.15, 0.2) is 54.7 Å². The first-order chi connectivity index (χ1) is 14.9. The lowest BCUT2D eigenvalue weighted by molar-refractivity contribution is -0.131. The molecule has 0 spiro atoms. The Balaban J connectivity index is 1.68. The van der Waals surface area contributed by atoms with Gasteiger partial charge in [-0.1, -0.05) is 35.9 Å². The Kier molecular flexibility index (Phi) is 6.18. The Bertz CT molecular complexity index is 1070. The molecule has 1 aliphatic heterocycles. The SMILES string of the molecule is CN(C)c1ncc(-c2ccc(Cl)cc2)c([C@@H]2CCCN2C(=O)Cc2ccc(F)cc2)n1. The van der Waals surface area contributed by atoms with Crippen LogP contribution in [0.5, 0.6) is 0 Å². The van der Waals surface area contributed by atoms with E-state index in [-0.39, 0.29) is 24.2 Å². The van der Waals surface area contributed by atoms with Crippen LogP contribution in [0, 0.1) is 5.82 Å². The number of amides is 1. The fourth-order valence-electron chi connectivity index (χ4n) is 3.93. The van der Waals surface area contributed by atoms with Gasteiger partial charge in [-0.2, -0.15) is 0 Å². The number of hydrogen-bond donors (Lipinski definition) is 0.